The van der Waals surface area contributed by atoms with Crippen LogP contribution in [0.1, 0.15) is 54.9 Å². The second-order valence-corrected chi connectivity index (χ2v) is 12.2. The summed E-state index contributed by atoms with van der Waals surface area (Å²) >= 11 is 1.20. The van der Waals surface area contributed by atoms with Crippen LogP contribution in [-0.2, 0) is 19.1 Å². The van der Waals surface area contributed by atoms with Gasteiger partial charge < -0.3 is 23.5 Å². The van der Waals surface area contributed by atoms with Gasteiger partial charge in [-0.25, -0.2) is 14.6 Å². The van der Waals surface area contributed by atoms with Crippen LogP contribution in [-0.4, -0.2) is 52.9 Å². The molecule has 0 radical (unpaired) electrons. The Morgan fingerprint density at radius 3 is 2.43 bits per heavy atom. The van der Waals surface area contributed by atoms with Crippen LogP contribution < -0.4 is 24.4 Å². The maximum atomic E-state index is 14.3. The smallest absolute Gasteiger partial charge is 0.343 e. The van der Waals surface area contributed by atoms with Gasteiger partial charge in [-0.15, -0.1) is 0 Å². The third-order valence-corrected chi connectivity index (χ3v) is 9.05. The van der Waals surface area contributed by atoms with Gasteiger partial charge in [0, 0.05) is 29.2 Å². The van der Waals surface area contributed by atoms with Gasteiger partial charge in [-0.1, -0.05) is 17.4 Å². The highest BCUT2D eigenvalue weighted by atomic mass is 32.1. The number of fused-ring (bicyclic) bond motifs is 1. The van der Waals surface area contributed by atoms with E-state index in [2.05, 4.69) is 9.73 Å². The number of nitro groups is 1. The number of rotatable bonds is 11. The van der Waals surface area contributed by atoms with Crippen LogP contribution in [0.3, 0.4) is 0 Å². The number of thiazole rings is 1. The van der Waals surface area contributed by atoms with Gasteiger partial charge in [0.25, 0.3) is 11.2 Å². The van der Waals surface area contributed by atoms with Crippen LogP contribution in [0.5, 0.6) is 11.5 Å². The molecule has 13 nitrogen and oxygen atoms in total. The Balaban J connectivity index is 1.66. The standard InChI is InChI=1S/C35H36N4O9S/c1-8-46-28-16-23(10-13-27(28)48-18-30(40)45-7)32-31(34(42)47-9-2)21(5)36-35-38(32)33(41)29(49-35)17-24-15-20(4)37(22(24)6)26-12-11-25(39(43)44)14-19(26)3/h10-17,32H,8-9,18H2,1-7H3/b29-17-/t32-/m1/s1. The summed E-state index contributed by atoms with van der Waals surface area (Å²) in [7, 11) is 1.26. The highest BCUT2D eigenvalue weighted by molar-refractivity contribution is 7.07. The molecule has 14 heteroatoms. The van der Waals surface area contributed by atoms with Gasteiger partial charge >= 0.3 is 11.9 Å². The molecule has 0 unspecified atom stereocenters. The molecule has 1 atom stereocenters. The zero-order valence-corrected chi connectivity index (χ0v) is 29.0. The third-order valence-electron chi connectivity index (χ3n) is 8.06. The van der Waals surface area contributed by atoms with Crippen molar-refractivity contribution in [3.05, 3.63) is 112 Å². The molecule has 3 heterocycles. The fourth-order valence-electron chi connectivity index (χ4n) is 5.83. The molecule has 0 bridgehead atoms. The number of nitrogens with zero attached hydrogens (tertiary/aromatic N) is 4. The first-order valence-corrected chi connectivity index (χ1v) is 16.3. The Morgan fingerprint density at radius 2 is 1.78 bits per heavy atom. The van der Waals surface area contributed by atoms with Crippen molar-refractivity contribution >= 4 is 35.0 Å². The number of ether oxygens (including phenoxy) is 4. The number of esters is 2. The van der Waals surface area contributed by atoms with Crippen molar-refractivity contribution in [3.8, 4) is 17.2 Å². The maximum Gasteiger partial charge on any atom is 0.343 e. The zero-order valence-electron chi connectivity index (χ0n) is 28.2. The summed E-state index contributed by atoms with van der Waals surface area (Å²) in [4.78, 5) is 55.4. The first kappa shape index (κ1) is 34.8. The predicted molar refractivity (Wildman–Crippen MR) is 182 cm³/mol. The number of aryl methyl sites for hydroxylation is 2. The lowest BCUT2D eigenvalue weighted by atomic mass is 9.95. The van der Waals surface area contributed by atoms with E-state index in [1.165, 1.54) is 35.1 Å². The normalized spacial score (nSPS) is 14.3. The van der Waals surface area contributed by atoms with E-state index >= 15 is 0 Å². The SMILES string of the molecule is CCOC(=O)C1=C(C)N=c2s/c(=C\c3cc(C)n(-c4ccc([N+](=O)[O-])cc4C)c3C)c(=O)n2[C@@H]1c1ccc(OCC(=O)OC)c(OCC)c1. The molecule has 0 fully saturated rings. The van der Waals surface area contributed by atoms with Gasteiger partial charge in [-0.05, 0) is 88.6 Å². The molecular weight excluding hydrogens is 652 g/mol. The lowest BCUT2D eigenvalue weighted by molar-refractivity contribution is -0.384. The molecule has 2 aromatic carbocycles. The quantitative estimate of drug-likeness (QED) is 0.127. The van der Waals surface area contributed by atoms with Gasteiger partial charge in [0.15, 0.2) is 22.9 Å². The molecule has 1 aliphatic heterocycles. The average Bonchev–Trinajstić information content (AvgIpc) is 3.52. The van der Waals surface area contributed by atoms with Crippen LogP contribution in [0, 0.1) is 30.9 Å². The molecule has 4 aromatic rings. The molecule has 1 aliphatic rings. The van der Waals surface area contributed by atoms with E-state index in [9.17, 15) is 24.5 Å². The van der Waals surface area contributed by atoms with Crippen molar-refractivity contribution in [2.24, 2.45) is 4.99 Å². The minimum Gasteiger partial charge on any atom is -0.490 e. The van der Waals surface area contributed by atoms with Crippen LogP contribution in [0.25, 0.3) is 11.8 Å². The number of carbonyl (C=O) groups is 2. The molecule has 49 heavy (non-hydrogen) atoms. The number of benzene rings is 2. The fraction of sp³-hybridized carbons (Fsp3) is 0.314. The number of hydrogen-bond donors (Lipinski definition) is 0. The predicted octanol–water partition coefficient (Wildman–Crippen LogP) is 4.37. The van der Waals surface area contributed by atoms with E-state index in [0.717, 1.165) is 28.2 Å². The van der Waals surface area contributed by atoms with Crippen molar-refractivity contribution in [2.45, 2.75) is 47.6 Å². The molecule has 5 rings (SSSR count). The van der Waals surface area contributed by atoms with Crippen molar-refractivity contribution < 1.29 is 33.5 Å². The summed E-state index contributed by atoms with van der Waals surface area (Å²) in [6, 6.07) is 10.8. The Bertz CT molecular complexity index is 2190. The van der Waals surface area contributed by atoms with Crippen LogP contribution in [0.4, 0.5) is 5.69 Å². The lowest BCUT2D eigenvalue weighted by Crippen LogP contribution is -2.40. The molecule has 0 N–H and O–H groups in total. The maximum absolute atomic E-state index is 14.3. The Labute approximate surface area is 285 Å². The number of methoxy groups -OCH3 is 1. The molecule has 2 aromatic heterocycles. The number of hydrogen-bond acceptors (Lipinski definition) is 11. The average molecular weight is 689 g/mol. The summed E-state index contributed by atoms with van der Waals surface area (Å²) in [6.07, 6.45) is 1.79. The second-order valence-electron chi connectivity index (χ2n) is 11.2. The highest BCUT2D eigenvalue weighted by Gasteiger charge is 2.34. The molecule has 0 saturated carbocycles. The number of non-ortho nitro benzene ring substituents is 1. The summed E-state index contributed by atoms with van der Waals surface area (Å²) in [5, 5.41) is 11.3. The van der Waals surface area contributed by atoms with E-state index in [1.54, 1.807) is 51.1 Å². The van der Waals surface area contributed by atoms with Crippen LogP contribution in [0.2, 0.25) is 0 Å². The van der Waals surface area contributed by atoms with Gasteiger partial charge in [-0.2, -0.15) is 0 Å². The minimum atomic E-state index is -0.901. The molecule has 256 valence electrons. The van der Waals surface area contributed by atoms with Crippen LogP contribution >= 0.6 is 11.3 Å². The number of allylic oxidation sites excluding steroid dienone is 1. The Hall–Kier alpha value is -5.50. The van der Waals surface area contributed by atoms with Crippen LogP contribution in [0.15, 0.2) is 63.5 Å². The number of carbonyl (C=O) groups excluding carboxylic acids is 2. The summed E-state index contributed by atoms with van der Waals surface area (Å²) < 4.78 is 25.4. The molecule has 0 spiro atoms. The van der Waals surface area contributed by atoms with E-state index in [-0.39, 0.29) is 36.6 Å². The van der Waals surface area contributed by atoms with E-state index < -0.39 is 22.9 Å². The van der Waals surface area contributed by atoms with Crippen molar-refractivity contribution in [1.29, 1.82) is 0 Å². The first-order chi connectivity index (χ1) is 23.4. The molecule has 0 amide bonds. The topological polar surface area (TPSA) is 153 Å². The summed E-state index contributed by atoms with van der Waals surface area (Å²) in [6.45, 7) is 11.0. The Kier molecular flexibility index (Phi) is 10.2. The first-order valence-electron chi connectivity index (χ1n) is 15.5. The summed E-state index contributed by atoms with van der Waals surface area (Å²) in [5.41, 5.74) is 4.84. The molecular formula is C35H36N4O9S. The lowest BCUT2D eigenvalue weighted by Gasteiger charge is -2.25. The Morgan fingerprint density at radius 1 is 1.02 bits per heavy atom. The minimum absolute atomic E-state index is 0.00817. The molecule has 0 aliphatic carbocycles. The zero-order chi connectivity index (χ0) is 35.6. The second kappa shape index (κ2) is 14.3. The van der Waals surface area contributed by atoms with Gasteiger partial charge in [0.2, 0.25) is 0 Å². The molecule has 0 saturated heterocycles. The van der Waals surface area contributed by atoms with E-state index in [0.29, 0.717) is 32.1 Å². The third kappa shape index (κ3) is 6.77. The highest BCUT2D eigenvalue weighted by Crippen LogP contribution is 2.36. The van der Waals surface area contributed by atoms with Gasteiger partial charge in [0.05, 0.1) is 47.1 Å². The largest absolute Gasteiger partial charge is 0.490 e. The van der Waals surface area contributed by atoms with E-state index in [4.69, 9.17) is 14.2 Å². The number of aromatic nitrogens is 2. The fourth-order valence-corrected chi connectivity index (χ4v) is 6.87. The monoisotopic (exact) mass is 688 g/mol. The van der Waals surface area contributed by atoms with Gasteiger partial charge in [0.1, 0.15) is 0 Å². The van der Waals surface area contributed by atoms with Crippen molar-refractivity contribution in [2.75, 3.05) is 26.9 Å². The van der Waals surface area contributed by atoms with Gasteiger partial charge in [-0.3, -0.25) is 19.5 Å². The van der Waals surface area contributed by atoms with Crippen molar-refractivity contribution in [3.63, 3.8) is 0 Å². The van der Waals surface area contributed by atoms with Crippen molar-refractivity contribution in [1.82, 2.24) is 9.13 Å². The number of nitro benzene ring substituents is 1. The van der Waals surface area contributed by atoms with E-state index in [1.807, 2.05) is 31.4 Å². The summed E-state index contributed by atoms with van der Waals surface area (Å²) in [5.74, 6) is -0.558.